The van der Waals surface area contributed by atoms with Gasteiger partial charge in [0.05, 0.1) is 6.61 Å². The standard InChI is InChI=1S/C34H65NO3/c1-3-5-7-9-18-22-26-33-38-34(37)28-23-19-16-14-12-11-13-15-17-21-25-30-35(31-27-32-36)29-24-20-10-8-6-4-2/h36H,3-8,10-17,19-33H2,1-2H3. The van der Waals surface area contributed by atoms with E-state index in [1.165, 1.54) is 122 Å². The van der Waals surface area contributed by atoms with Crippen LogP contribution in [0.2, 0.25) is 0 Å². The third-order valence-corrected chi connectivity index (χ3v) is 7.31. The lowest BCUT2D eigenvalue weighted by atomic mass is 10.0. The summed E-state index contributed by atoms with van der Waals surface area (Å²) < 4.78 is 5.31. The summed E-state index contributed by atoms with van der Waals surface area (Å²) in [6.45, 7) is 8.76. The number of unbranched alkanes of at least 4 members (excludes halogenated alkanes) is 18. The molecule has 38 heavy (non-hydrogen) atoms. The second kappa shape index (κ2) is 32.2. The summed E-state index contributed by atoms with van der Waals surface area (Å²) in [5.74, 6) is 6.29. The molecule has 0 saturated heterocycles. The monoisotopic (exact) mass is 535 g/mol. The average Bonchev–Trinajstić information content (AvgIpc) is 2.92. The molecule has 0 atom stereocenters. The van der Waals surface area contributed by atoms with Crippen molar-refractivity contribution in [1.29, 1.82) is 0 Å². The Kier molecular flexibility index (Phi) is 31.3. The first-order valence-electron chi connectivity index (χ1n) is 16.7. The van der Waals surface area contributed by atoms with Crippen molar-refractivity contribution in [2.24, 2.45) is 0 Å². The molecule has 0 rings (SSSR count). The number of aliphatic hydroxyl groups excluding tert-OH is 1. The van der Waals surface area contributed by atoms with Crippen molar-refractivity contribution in [3.8, 4) is 11.8 Å². The highest BCUT2D eigenvalue weighted by Gasteiger charge is 2.05. The highest BCUT2D eigenvalue weighted by atomic mass is 16.5. The van der Waals surface area contributed by atoms with E-state index in [2.05, 4.69) is 30.6 Å². The van der Waals surface area contributed by atoms with Crippen molar-refractivity contribution in [1.82, 2.24) is 4.90 Å². The van der Waals surface area contributed by atoms with E-state index in [0.29, 0.717) is 19.6 Å². The maximum atomic E-state index is 11.8. The lowest BCUT2D eigenvalue weighted by Gasteiger charge is -2.22. The smallest absolute Gasteiger partial charge is 0.305 e. The van der Waals surface area contributed by atoms with Gasteiger partial charge < -0.3 is 14.7 Å². The van der Waals surface area contributed by atoms with Crippen molar-refractivity contribution in [2.75, 3.05) is 32.8 Å². The zero-order valence-corrected chi connectivity index (χ0v) is 25.7. The Morgan fingerprint density at radius 2 is 1.03 bits per heavy atom. The number of hydrogen-bond donors (Lipinski definition) is 1. The SMILES string of the molecule is CCCCC#CCCCOC(=O)CCCCCCCCCCCCCN(CCCO)CCCCCCCC. The Labute approximate surface area is 238 Å². The maximum Gasteiger partial charge on any atom is 0.305 e. The van der Waals surface area contributed by atoms with Crippen LogP contribution in [0.25, 0.3) is 0 Å². The summed E-state index contributed by atoms with van der Waals surface area (Å²) >= 11 is 0. The maximum absolute atomic E-state index is 11.8. The Morgan fingerprint density at radius 1 is 0.579 bits per heavy atom. The van der Waals surface area contributed by atoms with Gasteiger partial charge in [0.2, 0.25) is 0 Å². The van der Waals surface area contributed by atoms with E-state index in [1.807, 2.05) is 0 Å². The topological polar surface area (TPSA) is 49.8 Å². The van der Waals surface area contributed by atoms with Crippen LogP contribution in [0.5, 0.6) is 0 Å². The van der Waals surface area contributed by atoms with Crippen molar-refractivity contribution < 1.29 is 14.6 Å². The fourth-order valence-electron chi connectivity index (χ4n) is 4.80. The Hall–Kier alpha value is -1.05. The molecule has 0 aromatic heterocycles. The van der Waals surface area contributed by atoms with Crippen molar-refractivity contribution >= 4 is 5.97 Å². The molecule has 0 fully saturated rings. The number of ether oxygens (including phenoxy) is 1. The van der Waals surface area contributed by atoms with E-state index < -0.39 is 0 Å². The van der Waals surface area contributed by atoms with E-state index in [9.17, 15) is 9.90 Å². The van der Waals surface area contributed by atoms with E-state index in [-0.39, 0.29) is 5.97 Å². The van der Waals surface area contributed by atoms with Gasteiger partial charge >= 0.3 is 5.97 Å². The Balaban J connectivity index is 3.46. The molecule has 1 N–H and O–H groups in total. The van der Waals surface area contributed by atoms with E-state index in [0.717, 1.165) is 45.1 Å². The van der Waals surface area contributed by atoms with Gasteiger partial charge in [-0.15, -0.1) is 11.8 Å². The van der Waals surface area contributed by atoms with Crippen LogP contribution < -0.4 is 0 Å². The highest BCUT2D eigenvalue weighted by Crippen LogP contribution is 2.13. The highest BCUT2D eigenvalue weighted by molar-refractivity contribution is 5.69. The average molecular weight is 536 g/mol. The summed E-state index contributed by atoms with van der Waals surface area (Å²) in [4.78, 5) is 14.4. The van der Waals surface area contributed by atoms with Gasteiger partial charge in [-0.2, -0.15) is 0 Å². The number of aliphatic hydroxyl groups is 1. The van der Waals surface area contributed by atoms with Crippen LogP contribution >= 0.6 is 0 Å². The van der Waals surface area contributed by atoms with Crippen molar-refractivity contribution in [2.45, 2.75) is 168 Å². The van der Waals surface area contributed by atoms with Crippen molar-refractivity contribution in [3.63, 3.8) is 0 Å². The largest absolute Gasteiger partial charge is 0.466 e. The molecular weight excluding hydrogens is 470 g/mol. The zero-order valence-electron chi connectivity index (χ0n) is 25.7. The lowest BCUT2D eigenvalue weighted by Crippen LogP contribution is -2.27. The van der Waals surface area contributed by atoms with Gasteiger partial charge in [0.15, 0.2) is 0 Å². The quantitative estimate of drug-likeness (QED) is 0.0589. The second-order valence-electron chi connectivity index (χ2n) is 11.1. The number of nitrogens with zero attached hydrogens (tertiary/aromatic N) is 1. The second-order valence-corrected chi connectivity index (χ2v) is 11.1. The minimum atomic E-state index is -0.0390. The molecule has 0 aliphatic carbocycles. The predicted octanol–water partition coefficient (Wildman–Crippen LogP) is 9.23. The molecule has 0 unspecified atom stereocenters. The van der Waals surface area contributed by atoms with Crippen LogP contribution in [0.3, 0.4) is 0 Å². The van der Waals surface area contributed by atoms with Gasteiger partial charge in [-0.05, 0) is 51.6 Å². The van der Waals surface area contributed by atoms with Gasteiger partial charge in [0.1, 0.15) is 0 Å². The number of rotatable bonds is 29. The van der Waals surface area contributed by atoms with Crippen LogP contribution in [0.15, 0.2) is 0 Å². The fourth-order valence-corrected chi connectivity index (χ4v) is 4.80. The summed E-state index contributed by atoms with van der Waals surface area (Å²) in [7, 11) is 0. The van der Waals surface area contributed by atoms with Gasteiger partial charge in [0, 0.05) is 32.4 Å². The molecule has 4 heteroatoms. The van der Waals surface area contributed by atoms with Crippen LogP contribution in [0.1, 0.15) is 168 Å². The van der Waals surface area contributed by atoms with Crippen molar-refractivity contribution in [3.05, 3.63) is 0 Å². The zero-order chi connectivity index (χ0) is 27.8. The number of carbonyl (C=O) groups is 1. The molecule has 0 aliphatic rings. The third kappa shape index (κ3) is 29.5. The fraction of sp³-hybridized carbons (Fsp3) is 0.912. The summed E-state index contributed by atoms with van der Waals surface area (Å²) in [5, 5.41) is 9.20. The Bertz CT molecular complexity index is 540. The molecular formula is C34H65NO3. The molecule has 0 spiro atoms. The third-order valence-electron chi connectivity index (χ3n) is 7.31. The molecule has 4 nitrogen and oxygen atoms in total. The first-order valence-corrected chi connectivity index (χ1v) is 16.7. The van der Waals surface area contributed by atoms with Crippen LogP contribution in [0.4, 0.5) is 0 Å². The van der Waals surface area contributed by atoms with Crippen LogP contribution in [0, 0.1) is 11.8 Å². The van der Waals surface area contributed by atoms with Gasteiger partial charge in [-0.25, -0.2) is 0 Å². The molecule has 0 aromatic rings. The first-order chi connectivity index (χ1) is 18.7. The van der Waals surface area contributed by atoms with Crippen LogP contribution in [-0.2, 0) is 9.53 Å². The number of carbonyl (C=O) groups excluding carboxylic acids is 1. The summed E-state index contributed by atoms with van der Waals surface area (Å²) in [6, 6.07) is 0. The minimum absolute atomic E-state index is 0.0390. The molecule has 224 valence electrons. The minimum Gasteiger partial charge on any atom is -0.466 e. The van der Waals surface area contributed by atoms with E-state index in [4.69, 9.17) is 4.74 Å². The first kappa shape index (κ1) is 37.0. The molecule has 0 saturated carbocycles. The summed E-state index contributed by atoms with van der Waals surface area (Å²) in [6.07, 6.45) is 28.7. The number of hydrogen-bond acceptors (Lipinski definition) is 4. The van der Waals surface area contributed by atoms with Gasteiger partial charge in [-0.3, -0.25) is 4.79 Å². The van der Waals surface area contributed by atoms with Gasteiger partial charge in [-0.1, -0.05) is 110 Å². The normalized spacial score (nSPS) is 11.1. The number of esters is 1. The predicted molar refractivity (Wildman–Crippen MR) is 164 cm³/mol. The lowest BCUT2D eigenvalue weighted by molar-refractivity contribution is -0.143. The molecule has 0 aliphatic heterocycles. The molecule has 0 aromatic carbocycles. The van der Waals surface area contributed by atoms with E-state index in [1.54, 1.807) is 0 Å². The molecule has 0 radical (unpaired) electrons. The van der Waals surface area contributed by atoms with Crippen LogP contribution in [-0.4, -0.2) is 48.8 Å². The Morgan fingerprint density at radius 3 is 1.55 bits per heavy atom. The molecule has 0 amide bonds. The van der Waals surface area contributed by atoms with E-state index >= 15 is 0 Å². The van der Waals surface area contributed by atoms with Gasteiger partial charge in [0.25, 0.3) is 0 Å². The molecule has 0 bridgehead atoms. The molecule has 0 heterocycles. The summed E-state index contributed by atoms with van der Waals surface area (Å²) in [5.41, 5.74) is 0.